The van der Waals surface area contributed by atoms with Crippen molar-refractivity contribution in [3.8, 4) is 11.1 Å². The van der Waals surface area contributed by atoms with Crippen molar-refractivity contribution >= 4 is 34.2 Å². The summed E-state index contributed by atoms with van der Waals surface area (Å²) in [5, 5.41) is 38.9. The Balaban J connectivity index is 1.90. The molecule has 3 rings (SSSR count). The van der Waals surface area contributed by atoms with Crippen molar-refractivity contribution in [1.82, 2.24) is 0 Å². The zero-order chi connectivity index (χ0) is 21.2. The van der Waals surface area contributed by atoms with Crippen molar-refractivity contribution in [3.63, 3.8) is 0 Å². The van der Waals surface area contributed by atoms with E-state index in [9.17, 15) is 20.0 Å². The third kappa shape index (κ3) is 5.07. The molecule has 8 nitrogen and oxygen atoms in total. The fourth-order valence-electron chi connectivity index (χ4n) is 2.84. The van der Waals surface area contributed by atoms with E-state index in [1.807, 2.05) is 0 Å². The van der Waals surface area contributed by atoms with Crippen molar-refractivity contribution < 1.29 is 19.9 Å². The van der Waals surface area contributed by atoms with Gasteiger partial charge in [0.2, 0.25) is 0 Å². The molecule has 2 aromatic rings. The van der Waals surface area contributed by atoms with E-state index in [-0.39, 0.29) is 11.4 Å². The average Bonchev–Trinajstić information content (AvgIpc) is 3.14. The summed E-state index contributed by atoms with van der Waals surface area (Å²) in [5.74, 6) is -1.06. The zero-order valence-electron chi connectivity index (χ0n) is 15.8. The number of nitro benzene ring substituents is 1. The quantitative estimate of drug-likeness (QED) is 0.548. The maximum atomic E-state index is 11.4. The standard InChI is InChI=1S/C20H19N3O5S/c1-20(2,26)15-5-3-12(4-6-15)13-7-14(9-16(8-13)23(27)28)17-10-18(22-21-17)29-11-19(24)25/h3-9,26H,10-11H2,1-2H3,(H,24,25). The maximum absolute atomic E-state index is 11.4. The molecule has 0 fully saturated rings. The van der Waals surface area contributed by atoms with E-state index in [0.29, 0.717) is 28.3 Å². The van der Waals surface area contributed by atoms with Gasteiger partial charge in [0.1, 0.15) is 5.04 Å². The number of aliphatic carboxylic acids is 1. The Morgan fingerprint density at radius 3 is 2.38 bits per heavy atom. The Hall–Kier alpha value is -3.04. The molecular weight excluding hydrogens is 394 g/mol. The lowest BCUT2D eigenvalue weighted by molar-refractivity contribution is -0.384. The van der Waals surface area contributed by atoms with Gasteiger partial charge in [-0.25, -0.2) is 0 Å². The SMILES string of the molecule is CC(C)(O)c1ccc(-c2cc(C3=NN=C(SCC(=O)O)C3)cc([N+](=O)[O-])c2)cc1. The van der Waals surface area contributed by atoms with Gasteiger partial charge in [-0.2, -0.15) is 5.10 Å². The van der Waals surface area contributed by atoms with Crippen LogP contribution >= 0.6 is 11.8 Å². The van der Waals surface area contributed by atoms with Gasteiger partial charge in [0.15, 0.2) is 0 Å². The number of hydrogen-bond acceptors (Lipinski definition) is 7. The Morgan fingerprint density at radius 2 is 1.79 bits per heavy atom. The molecular formula is C20H19N3O5S. The lowest BCUT2D eigenvalue weighted by atomic mass is 9.94. The molecule has 2 aromatic carbocycles. The van der Waals surface area contributed by atoms with Crippen LogP contribution in [0.3, 0.4) is 0 Å². The van der Waals surface area contributed by atoms with Crippen LogP contribution in [0.5, 0.6) is 0 Å². The molecule has 2 N–H and O–H groups in total. The van der Waals surface area contributed by atoms with Gasteiger partial charge in [0, 0.05) is 24.1 Å². The van der Waals surface area contributed by atoms with Crippen LogP contribution < -0.4 is 0 Å². The minimum absolute atomic E-state index is 0.0709. The summed E-state index contributed by atoms with van der Waals surface area (Å²) in [6.45, 7) is 3.37. The highest BCUT2D eigenvalue weighted by Crippen LogP contribution is 2.30. The monoisotopic (exact) mass is 413 g/mol. The van der Waals surface area contributed by atoms with Crippen molar-refractivity contribution in [2.24, 2.45) is 10.2 Å². The van der Waals surface area contributed by atoms with Gasteiger partial charge >= 0.3 is 5.97 Å². The van der Waals surface area contributed by atoms with Crippen molar-refractivity contribution in [1.29, 1.82) is 0 Å². The molecule has 29 heavy (non-hydrogen) atoms. The topological polar surface area (TPSA) is 125 Å². The minimum atomic E-state index is -0.980. The summed E-state index contributed by atoms with van der Waals surface area (Å²) in [6, 6.07) is 11.9. The summed E-state index contributed by atoms with van der Waals surface area (Å²) in [5.41, 5.74) is 2.21. The third-order valence-corrected chi connectivity index (χ3v) is 5.30. The number of aliphatic hydroxyl groups is 1. The Labute approximate surface area is 171 Å². The normalized spacial score (nSPS) is 13.8. The number of nitrogens with zero attached hydrogens (tertiary/aromatic N) is 3. The smallest absolute Gasteiger partial charge is 0.313 e. The highest BCUT2D eigenvalue weighted by Gasteiger charge is 2.20. The van der Waals surface area contributed by atoms with Crippen LogP contribution in [0.1, 0.15) is 31.4 Å². The second-order valence-corrected chi connectivity index (χ2v) is 8.11. The number of nitro groups is 1. The lowest BCUT2D eigenvalue weighted by Crippen LogP contribution is -2.14. The number of carboxylic acid groups (broad SMARTS) is 1. The van der Waals surface area contributed by atoms with E-state index in [1.54, 1.807) is 44.2 Å². The summed E-state index contributed by atoms with van der Waals surface area (Å²) >= 11 is 1.08. The number of hydrogen-bond donors (Lipinski definition) is 2. The predicted molar refractivity (Wildman–Crippen MR) is 112 cm³/mol. The Bertz CT molecular complexity index is 1020. The molecule has 0 bridgehead atoms. The molecule has 9 heteroatoms. The van der Waals surface area contributed by atoms with E-state index in [4.69, 9.17) is 5.11 Å². The summed E-state index contributed by atoms with van der Waals surface area (Å²) in [6.07, 6.45) is 0.330. The van der Waals surface area contributed by atoms with Gasteiger partial charge < -0.3 is 10.2 Å². The zero-order valence-corrected chi connectivity index (χ0v) is 16.6. The minimum Gasteiger partial charge on any atom is -0.481 e. The van der Waals surface area contributed by atoms with Crippen LogP contribution in [0, 0.1) is 10.1 Å². The molecule has 150 valence electrons. The second-order valence-electron chi connectivity index (χ2n) is 7.06. The van der Waals surface area contributed by atoms with Crippen LogP contribution in [0.4, 0.5) is 5.69 Å². The number of carboxylic acids is 1. The maximum Gasteiger partial charge on any atom is 0.313 e. The number of thioether (sulfide) groups is 1. The summed E-state index contributed by atoms with van der Waals surface area (Å²) in [4.78, 5) is 21.7. The molecule has 1 heterocycles. The Kier molecular flexibility index (Phi) is 5.81. The molecule has 1 aliphatic rings. The third-order valence-electron chi connectivity index (χ3n) is 4.35. The van der Waals surface area contributed by atoms with Crippen molar-refractivity contribution in [2.45, 2.75) is 25.9 Å². The number of non-ortho nitro benzene ring substituents is 1. The molecule has 0 aromatic heterocycles. The van der Waals surface area contributed by atoms with Crippen LogP contribution in [-0.4, -0.2) is 37.6 Å². The molecule has 0 atom stereocenters. The fourth-order valence-corrected chi connectivity index (χ4v) is 3.46. The fraction of sp³-hybridized carbons (Fsp3) is 0.250. The van der Waals surface area contributed by atoms with E-state index in [2.05, 4.69) is 10.2 Å². The number of benzene rings is 2. The number of carbonyl (C=O) groups is 1. The molecule has 0 amide bonds. The first-order chi connectivity index (χ1) is 13.6. The first-order valence-electron chi connectivity index (χ1n) is 8.74. The van der Waals surface area contributed by atoms with Crippen molar-refractivity contribution in [2.75, 3.05) is 5.75 Å². The van der Waals surface area contributed by atoms with E-state index in [1.165, 1.54) is 12.1 Å². The number of rotatable bonds is 6. The highest BCUT2D eigenvalue weighted by atomic mass is 32.2. The molecule has 0 aliphatic carbocycles. The van der Waals surface area contributed by atoms with Crippen LogP contribution in [0.25, 0.3) is 11.1 Å². The largest absolute Gasteiger partial charge is 0.481 e. The first kappa shape index (κ1) is 20.7. The van der Waals surface area contributed by atoms with Gasteiger partial charge in [0.25, 0.3) is 5.69 Å². The molecule has 0 spiro atoms. The molecule has 0 unspecified atom stereocenters. The van der Waals surface area contributed by atoms with Crippen LogP contribution in [0.15, 0.2) is 52.7 Å². The van der Waals surface area contributed by atoms with Crippen molar-refractivity contribution in [3.05, 3.63) is 63.7 Å². The second kappa shape index (κ2) is 8.14. The van der Waals surface area contributed by atoms with E-state index in [0.717, 1.165) is 22.9 Å². The molecule has 0 saturated heterocycles. The van der Waals surface area contributed by atoms with Gasteiger partial charge in [-0.15, -0.1) is 5.10 Å². The van der Waals surface area contributed by atoms with Gasteiger partial charge in [-0.05, 0) is 36.6 Å². The van der Waals surface area contributed by atoms with Gasteiger partial charge in [-0.1, -0.05) is 36.0 Å². The average molecular weight is 413 g/mol. The van der Waals surface area contributed by atoms with E-state index < -0.39 is 16.5 Å². The predicted octanol–water partition coefficient (Wildman–Crippen LogP) is 3.81. The first-order valence-corrected chi connectivity index (χ1v) is 9.73. The van der Waals surface area contributed by atoms with Gasteiger partial charge in [-0.3, -0.25) is 14.9 Å². The summed E-state index contributed by atoms with van der Waals surface area (Å²) in [7, 11) is 0. The highest BCUT2D eigenvalue weighted by molar-refractivity contribution is 8.14. The molecule has 0 radical (unpaired) electrons. The van der Waals surface area contributed by atoms with Crippen LogP contribution in [-0.2, 0) is 10.4 Å². The summed E-state index contributed by atoms with van der Waals surface area (Å²) < 4.78 is 0. The van der Waals surface area contributed by atoms with E-state index >= 15 is 0 Å². The lowest BCUT2D eigenvalue weighted by Gasteiger charge is -2.18. The van der Waals surface area contributed by atoms with Gasteiger partial charge in [0.05, 0.1) is 22.0 Å². The van der Waals surface area contributed by atoms with Crippen LogP contribution in [0.2, 0.25) is 0 Å². The Morgan fingerprint density at radius 1 is 1.14 bits per heavy atom. The molecule has 0 saturated carbocycles. The molecule has 1 aliphatic heterocycles.